The van der Waals surface area contributed by atoms with Gasteiger partial charge in [0.25, 0.3) is 0 Å². The molecule has 0 aliphatic heterocycles. The molecule has 8 aromatic carbocycles. The minimum absolute atomic E-state index is 0.644. The van der Waals surface area contributed by atoms with Crippen LogP contribution in [0.1, 0.15) is 0 Å². The van der Waals surface area contributed by atoms with E-state index in [2.05, 4.69) is 138 Å². The first-order valence-corrected chi connectivity index (χ1v) is 19.6. The van der Waals surface area contributed by atoms with Crippen molar-refractivity contribution in [3.05, 3.63) is 194 Å². The smallest absolute Gasteiger partial charge is 0.164 e. The molecular weight excluding hydrogens is 701 g/mol. The molecule has 0 radical (unpaired) electrons. The zero-order valence-corrected chi connectivity index (χ0v) is 31.0. The summed E-state index contributed by atoms with van der Waals surface area (Å²) in [6.07, 6.45) is 0. The summed E-state index contributed by atoms with van der Waals surface area (Å²) in [4.78, 5) is 14.8. The molecule has 0 N–H and O–H groups in total. The van der Waals surface area contributed by atoms with Gasteiger partial charge in [-0.15, -0.1) is 11.3 Å². The third kappa shape index (κ3) is 5.48. The van der Waals surface area contributed by atoms with Crippen molar-refractivity contribution in [1.29, 1.82) is 0 Å². The van der Waals surface area contributed by atoms with Gasteiger partial charge in [0.1, 0.15) is 0 Å². The molecule has 0 saturated heterocycles. The van der Waals surface area contributed by atoms with E-state index in [0.29, 0.717) is 17.5 Å². The van der Waals surface area contributed by atoms with E-state index in [1.165, 1.54) is 53.1 Å². The molecule has 0 bridgehead atoms. The molecule has 0 amide bonds. The lowest BCUT2D eigenvalue weighted by Gasteiger charge is -2.12. The molecule has 0 atom stereocenters. The first-order chi connectivity index (χ1) is 27.7. The maximum Gasteiger partial charge on any atom is 0.164 e. The monoisotopic (exact) mass is 732 g/mol. The highest BCUT2D eigenvalue weighted by molar-refractivity contribution is 7.26. The van der Waals surface area contributed by atoms with Crippen molar-refractivity contribution in [3.8, 4) is 62.1 Å². The minimum atomic E-state index is 0.644. The number of hydrogen-bond acceptors (Lipinski definition) is 4. The molecule has 5 heteroatoms. The van der Waals surface area contributed by atoms with Crippen LogP contribution in [0, 0.1) is 0 Å². The predicted octanol–water partition coefficient (Wildman–Crippen LogP) is 13.7. The Hall–Kier alpha value is -7.21. The molecule has 0 spiro atoms. The Labute approximate surface area is 327 Å². The fraction of sp³-hybridized carbons (Fsp3) is 0. The maximum atomic E-state index is 4.94. The molecule has 4 nitrogen and oxygen atoms in total. The Morgan fingerprint density at radius 2 is 0.839 bits per heavy atom. The van der Waals surface area contributed by atoms with E-state index in [9.17, 15) is 0 Å². The molecular formula is C51H32N4S. The van der Waals surface area contributed by atoms with Gasteiger partial charge in [-0.3, -0.25) is 0 Å². The fourth-order valence-corrected chi connectivity index (χ4v) is 9.21. The van der Waals surface area contributed by atoms with E-state index >= 15 is 0 Å². The Morgan fingerprint density at radius 1 is 0.339 bits per heavy atom. The molecule has 3 heterocycles. The van der Waals surface area contributed by atoms with E-state index in [0.717, 1.165) is 33.5 Å². The van der Waals surface area contributed by atoms with Crippen molar-refractivity contribution in [2.24, 2.45) is 0 Å². The van der Waals surface area contributed by atoms with E-state index in [1.54, 1.807) is 0 Å². The first-order valence-electron chi connectivity index (χ1n) is 18.8. The zero-order valence-electron chi connectivity index (χ0n) is 30.2. The Bertz CT molecular complexity index is 3160. The van der Waals surface area contributed by atoms with Crippen molar-refractivity contribution in [2.45, 2.75) is 0 Å². The van der Waals surface area contributed by atoms with Crippen LogP contribution in [0.4, 0.5) is 0 Å². The summed E-state index contributed by atoms with van der Waals surface area (Å²) in [5, 5.41) is 5.18. The SMILES string of the molecule is c1ccc(-c2ccc3c(c2)c2c4sc5ccccc5c4ccc2n3-c2cccc(-c3ccc(-c4nc(-c5ccccc5)nc(-c5ccccc5)n4)cc3)c2)cc1. The maximum absolute atomic E-state index is 4.94. The van der Waals surface area contributed by atoms with Crippen LogP contribution in [-0.4, -0.2) is 19.5 Å². The van der Waals surface area contributed by atoms with Crippen LogP contribution in [0.25, 0.3) is 104 Å². The van der Waals surface area contributed by atoms with Crippen molar-refractivity contribution in [2.75, 3.05) is 0 Å². The van der Waals surface area contributed by atoms with E-state index in [4.69, 9.17) is 15.0 Å². The van der Waals surface area contributed by atoms with Crippen molar-refractivity contribution in [3.63, 3.8) is 0 Å². The zero-order chi connectivity index (χ0) is 37.0. The van der Waals surface area contributed by atoms with Gasteiger partial charge in [0.15, 0.2) is 17.5 Å². The molecule has 11 rings (SSSR count). The van der Waals surface area contributed by atoms with Crippen LogP contribution in [0.3, 0.4) is 0 Å². The lowest BCUT2D eigenvalue weighted by molar-refractivity contribution is 1.07. The molecule has 0 fully saturated rings. The highest BCUT2D eigenvalue weighted by atomic mass is 32.1. The molecule has 0 unspecified atom stereocenters. The van der Waals surface area contributed by atoms with Crippen molar-refractivity contribution < 1.29 is 0 Å². The normalized spacial score (nSPS) is 11.6. The van der Waals surface area contributed by atoms with Gasteiger partial charge in [-0.25, -0.2) is 15.0 Å². The van der Waals surface area contributed by atoms with E-state index in [1.807, 2.05) is 72.0 Å². The second-order valence-electron chi connectivity index (χ2n) is 14.0. The average Bonchev–Trinajstić information content (AvgIpc) is 3.83. The predicted molar refractivity (Wildman–Crippen MR) is 234 cm³/mol. The largest absolute Gasteiger partial charge is 0.309 e. The summed E-state index contributed by atoms with van der Waals surface area (Å²) in [7, 11) is 0. The number of rotatable bonds is 6. The highest BCUT2D eigenvalue weighted by Crippen LogP contribution is 2.44. The topological polar surface area (TPSA) is 43.6 Å². The highest BCUT2D eigenvalue weighted by Gasteiger charge is 2.19. The van der Waals surface area contributed by atoms with Crippen LogP contribution >= 0.6 is 11.3 Å². The summed E-state index contributed by atoms with van der Waals surface area (Å²) < 4.78 is 5.07. The van der Waals surface area contributed by atoms with Gasteiger partial charge in [-0.1, -0.05) is 158 Å². The van der Waals surface area contributed by atoms with Gasteiger partial charge < -0.3 is 4.57 Å². The van der Waals surface area contributed by atoms with Crippen molar-refractivity contribution in [1.82, 2.24) is 19.5 Å². The number of thiophene rings is 1. The summed E-state index contributed by atoms with van der Waals surface area (Å²) in [5.74, 6) is 1.95. The van der Waals surface area contributed by atoms with Gasteiger partial charge in [-0.05, 0) is 58.7 Å². The second-order valence-corrected chi connectivity index (χ2v) is 15.1. The average molecular weight is 733 g/mol. The van der Waals surface area contributed by atoms with Gasteiger partial charge >= 0.3 is 0 Å². The molecule has 262 valence electrons. The second kappa shape index (κ2) is 13.3. The third-order valence-electron chi connectivity index (χ3n) is 10.7. The van der Waals surface area contributed by atoms with Crippen LogP contribution in [0.5, 0.6) is 0 Å². The molecule has 0 saturated carbocycles. The molecule has 0 aliphatic rings. The quantitative estimate of drug-likeness (QED) is 0.171. The van der Waals surface area contributed by atoms with Crippen LogP contribution < -0.4 is 0 Å². The van der Waals surface area contributed by atoms with Crippen LogP contribution in [-0.2, 0) is 0 Å². The van der Waals surface area contributed by atoms with Gasteiger partial charge in [0.05, 0.1) is 11.0 Å². The molecule has 56 heavy (non-hydrogen) atoms. The minimum Gasteiger partial charge on any atom is -0.309 e. The Balaban J connectivity index is 1.03. The number of benzene rings is 8. The number of hydrogen-bond donors (Lipinski definition) is 0. The standard InChI is InChI=1S/C51H32N4S/c1-4-13-33(14-5-1)39-27-29-44-43(32-39)47-45(30-28-42-41-21-10-11-22-46(41)56-48(42)47)55(44)40-20-12-19-38(31-40)34-23-25-37(26-24-34)51-53-49(35-15-6-2-7-16-35)52-50(54-51)36-17-8-3-9-18-36/h1-32H. The summed E-state index contributed by atoms with van der Waals surface area (Å²) >= 11 is 1.89. The lowest BCUT2D eigenvalue weighted by atomic mass is 10.0. The molecule has 11 aromatic rings. The van der Waals surface area contributed by atoms with Crippen LogP contribution in [0.15, 0.2) is 194 Å². The Kier molecular flexibility index (Phi) is 7.64. The van der Waals surface area contributed by atoms with Crippen molar-refractivity contribution >= 4 is 53.3 Å². The summed E-state index contributed by atoms with van der Waals surface area (Å²) in [5.41, 5.74) is 11.1. The van der Waals surface area contributed by atoms with E-state index < -0.39 is 0 Å². The number of fused-ring (bicyclic) bond motifs is 7. The summed E-state index contributed by atoms with van der Waals surface area (Å²) in [6, 6.07) is 68.6. The Morgan fingerprint density at radius 3 is 1.52 bits per heavy atom. The molecule has 0 aliphatic carbocycles. The van der Waals surface area contributed by atoms with Gasteiger partial charge in [0, 0.05) is 53.3 Å². The summed E-state index contributed by atoms with van der Waals surface area (Å²) in [6.45, 7) is 0. The lowest BCUT2D eigenvalue weighted by Crippen LogP contribution is -2.00. The number of aromatic nitrogens is 4. The van der Waals surface area contributed by atoms with Gasteiger partial charge in [-0.2, -0.15) is 0 Å². The fourth-order valence-electron chi connectivity index (χ4n) is 7.95. The third-order valence-corrected chi connectivity index (χ3v) is 11.9. The van der Waals surface area contributed by atoms with Crippen LogP contribution in [0.2, 0.25) is 0 Å². The first kappa shape index (κ1) is 32.2. The van der Waals surface area contributed by atoms with E-state index in [-0.39, 0.29) is 0 Å². The molecule has 3 aromatic heterocycles. The van der Waals surface area contributed by atoms with Gasteiger partial charge in [0.2, 0.25) is 0 Å². The number of nitrogens with zero attached hydrogens (tertiary/aromatic N) is 4.